The molecule has 1 amide bonds. The minimum Gasteiger partial charge on any atom is -0.493 e. The number of halogens is 1. The van der Waals surface area contributed by atoms with Gasteiger partial charge in [0.2, 0.25) is 11.7 Å². The zero-order chi connectivity index (χ0) is 17.8. The predicted octanol–water partition coefficient (Wildman–Crippen LogP) is 2.47. The number of hydrogen-bond donors (Lipinski definition) is 2. The fraction of sp³-hybridized carbons (Fsp3) is 0.632. The van der Waals surface area contributed by atoms with Crippen LogP contribution in [0.25, 0.3) is 0 Å². The van der Waals surface area contributed by atoms with E-state index in [9.17, 15) is 4.79 Å². The van der Waals surface area contributed by atoms with Crippen molar-refractivity contribution in [2.24, 2.45) is 0 Å². The number of ether oxygens (including phenoxy) is 3. The molecule has 2 aliphatic heterocycles. The van der Waals surface area contributed by atoms with Gasteiger partial charge in [-0.2, -0.15) is 0 Å². The molecule has 3 rings (SSSR count). The molecular weight excluding hydrogens is 356 g/mol. The Kier molecular flexibility index (Phi) is 7.41. The number of carbonyl (C=O) groups excluding carboxylic acids is 1. The van der Waals surface area contributed by atoms with Crippen molar-refractivity contribution in [1.29, 1.82) is 0 Å². The van der Waals surface area contributed by atoms with Gasteiger partial charge in [-0.25, -0.2) is 0 Å². The van der Waals surface area contributed by atoms with Gasteiger partial charge in [-0.05, 0) is 49.8 Å². The van der Waals surface area contributed by atoms with Crippen LogP contribution in [0.5, 0.6) is 17.2 Å². The SMILES string of the molecule is COc1cc(CCC(=O)NC2CC3CCC(C2)N3)cc(OC)c1OC.Cl. The van der Waals surface area contributed by atoms with Gasteiger partial charge in [0.1, 0.15) is 0 Å². The van der Waals surface area contributed by atoms with Crippen LogP contribution in [-0.4, -0.2) is 45.4 Å². The summed E-state index contributed by atoms with van der Waals surface area (Å²) in [7, 11) is 4.78. The third-order valence-electron chi connectivity index (χ3n) is 5.20. The van der Waals surface area contributed by atoms with Gasteiger partial charge in [0.05, 0.1) is 21.3 Å². The summed E-state index contributed by atoms with van der Waals surface area (Å²) in [6.07, 6.45) is 5.67. The molecule has 0 radical (unpaired) electrons. The van der Waals surface area contributed by atoms with Crippen LogP contribution in [0.15, 0.2) is 12.1 Å². The molecule has 0 aliphatic carbocycles. The zero-order valence-corrected chi connectivity index (χ0v) is 16.5. The van der Waals surface area contributed by atoms with Crippen molar-refractivity contribution in [1.82, 2.24) is 10.6 Å². The smallest absolute Gasteiger partial charge is 0.220 e. The van der Waals surface area contributed by atoms with E-state index >= 15 is 0 Å². The molecule has 6 nitrogen and oxygen atoms in total. The molecule has 146 valence electrons. The second-order valence-corrected chi connectivity index (χ2v) is 6.91. The second kappa shape index (κ2) is 9.33. The van der Waals surface area contributed by atoms with Crippen LogP contribution >= 0.6 is 12.4 Å². The van der Waals surface area contributed by atoms with Gasteiger partial charge in [-0.1, -0.05) is 0 Å². The number of benzene rings is 1. The lowest BCUT2D eigenvalue weighted by molar-refractivity contribution is -0.122. The first kappa shape index (κ1) is 20.6. The standard InChI is InChI=1S/C19H28N2O4.ClH/c1-23-16-8-12(9-17(24-2)19(16)25-3)4-7-18(22)21-15-10-13-5-6-14(11-15)20-13;/h8-9,13-15,20H,4-7,10-11H2,1-3H3,(H,21,22);1H. The normalized spacial score (nSPS) is 23.7. The Hall–Kier alpha value is -1.66. The van der Waals surface area contributed by atoms with Gasteiger partial charge < -0.3 is 24.8 Å². The number of methoxy groups -OCH3 is 3. The Morgan fingerprint density at radius 3 is 2.15 bits per heavy atom. The van der Waals surface area contributed by atoms with Gasteiger partial charge in [-0.15, -0.1) is 12.4 Å². The summed E-state index contributed by atoms with van der Waals surface area (Å²) >= 11 is 0. The molecule has 1 aromatic carbocycles. The second-order valence-electron chi connectivity index (χ2n) is 6.91. The monoisotopic (exact) mass is 384 g/mol. The summed E-state index contributed by atoms with van der Waals surface area (Å²) in [6, 6.07) is 5.28. The van der Waals surface area contributed by atoms with Gasteiger partial charge >= 0.3 is 0 Å². The summed E-state index contributed by atoms with van der Waals surface area (Å²) in [6.45, 7) is 0. The minimum atomic E-state index is 0. The zero-order valence-electron chi connectivity index (χ0n) is 15.7. The maximum atomic E-state index is 12.3. The van der Waals surface area contributed by atoms with Crippen molar-refractivity contribution in [2.45, 2.75) is 56.7 Å². The van der Waals surface area contributed by atoms with Gasteiger partial charge in [0.15, 0.2) is 11.5 Å². The highest BCUT2D eigenvalue weighted by Gasteiger charge is 2.33. The van der Waals surface area contributed by atoms with E-state index in [2.05, 4.69) is 10.6 Å². The Bertz CT molecular complexity index is 589. The number of piperidine rings is 1. The maximum absolute atomic E-state index is 12.3. The first-order chi connectivity index (χ1) is 12.1. The quantitative estimate of drug-likeness (QED) is 0.755. The van der Waals surface area contributed by atoms with Gasteiger partial charge in [-0.3, -0.25) is 4.79 Å². The molecule has 2 atom stereocenters. The van der Waals surface area contributed by atoms with E-state index in [4.69, 9.17) is 14.2 Å². The Morgan fingerprint density at radius 1 is 1.08 bits per heavy atom. The van der Waals surface area contributed by atoms with Gasteiger partial charge in [0, 0.05) is 24.5 Å². The largest absolute Gasteiger partial charge is 0.493 e. The number of carbonyl (C=O) groups is 1. The van der Waals surface area contributed by atoms with Crippen LogP contribution in [-0.2, 0) is 11.2 Å². The van der Waals surface area contributed by atoms with Crippen LogP contribution in [0.2, 0.25) is 0 Å². The Morgan fingerprint density at radius 2 is 1.65 bits per heavy atom. The predicted molar refractivity (Wildman–Crippen MR) is 103 cm³/mol. The van der Waals surface area contributed by atoms with Crippen molar-refractivity contribution in [3.63, 3.8) is 0 Å². The number of nitrogens with one attached hydrogen (secondary N) is 2. The third-order valence-corrected chi connectivity index (χ3v) is 5.20. The summed E-state index contributed by atoms with van der Waals surface area (Å²) in [5.74, 6) is 1.92. The number of fused-ring (bicyclic) bond motifs is 2. The highest BCUT2D eigenvalue weighted by Crippen LogP contribution is 2.38. The lowest BCUT2D eigenvalue weighted by Gasteiger charge is -2.29. The number of amides is 1. The van der Waals surface area contributed by atoms with Crippen molar-refractivity contribution >= 4 is 18.3 Å². The molecular formula is C19H29ClN2O4. The number of aryl methyl sites for hydroxylation is 1. The fourth-order valence-corrected chi connectivity index (χ4v) is 4.01. The van der Waals surface area contributed by atoms with Crippen LogP contribution in [0.3, 0.4) is 0 Å². The van der Waals surface area contributed by atoms with E-state index in [1.165, 1.54) is 12.8 Å². The van der Waals surface area contributed by atoms with E-state index in [0.29, 0.717) is 48.2 Å². The molecule has 2 heterocycles. The summed E-state index contributed by atoms with van der Waals surface area (Å²) in [5.41, 5.74) is 0.995. The van der Waals surface area contributed by atoms with E-state index < -0.39 is 0 Å². The van der Waals surface area contributed by atoms with Crippen LogP contribution in [0.1, 0.15) is 37.7 Å². The van der Waals surface area contributed by atoms with Crippen molar-refractivity contribution in [3.8, 4) is 17.2 Å². The van der Waals surface area contributed by atoms with E-state index in [0.717, 1.165) is 18.4 Å². The average molecular weight is 385 g/mol. The molecule has 2 aliphatic rings. The molecule has 2 fully saturated rings. The van der Waals surface area contributed by atoms with Gasteiger partial charge in [0.25, 0.3) is 0 Å². The Balaban J connectivity index is 0.00000243. The first-order valence-electron chi connectivity index (χ1n) is 8.97. The summed E-state index contributed by atoms with van der Waals surface area (Å²) in [5, 5.41) is 6.80. The summed E-state index contributed by atoms with van der Waals surface area (Å²) in [4.78, 5) is 12.3. The number of rotatable bonds is 7. The lowest BCUT2D eigenvalue weighted by atomic mass is 9.99. The minimum absolute atomic E-state index is 0. The first-order valence-corrected chi connectivity index (χ1v) is 8.97. The molecule has 2 unspecified atom stereocenters. The number of hydrogen-bond acceptors (Lipinski definition) is 5. The van der Waals surface area contributed by atoms with E-state index in [1.807, 2.05) is 12.1 Å². The molecule has 0 saturated carbocycles. The van der Waals surface area contributed by atoms with Crippen molar-refractivity contribution < 1.29 is 19.0 Å². The van der Waals surface area contributed by atoms with Crippen LogP contribution in [0, 0.1) is 0 Å². The molecule has 0 spiro atoms. The lowest BCUT2D eigenvalue weighted by Crippen LogP contribution is -2.48. The molecule has 0 aromatic heterocycles. The molecule has 2 N–H and O–H groups in total. The highest BCUT2D eigenvalue weighted by molar-refractivity contribution is 5.85. The maximum Gasteiger partial charge on any atom is 0.220 e. The molecule has 1 aromatic rings. The van der Waals surface area contributed by atoms with E-state index in [-0.39, 0.29) is 18.3 Å². The Labute approximate surface area is 161 Å². The highest BCUT2D eigenvalue weighted by atomic mass is 35.5. The third kappa shape index (κ3) is 4.74. The topological polar surface area (TPSA) is 68.8 Å². The van der Waals surface area contributed by atoms with Crippen molar-refractivity contribution in [2.75, 3.05) is 21.3 Å². The summed E-state index contributed by atoms with van der Waals surface area (Å²) < 4.78 is 16.1. The molecule has 26 heavy (non-hydrogen) atoms. The average Bonchev–Trinajstić information content (AvgIpc) is 2.97. The van der Waals surface area contributed by atoms with E-state index in [1.54, 1.807) is 21.3 Å². The van der Waals surface area contributed by atoms with Crippen LogP contribution < -0.4 is 24.8 Å². The molecule has 7 heteroatoms. The van der Waals surface area contributed by atoms with Crippen molar-refractivity contribution in [3.05, 3.63) is 17.7 Å². The molecule has 2 saturated heterocycles. The van der Waals surface area contributed by atoms with Crippen LogP contribution in [0.4, 0.5) is 0 Å². The molecule has 2 bridgehead atoms. The fourth-order valence-electron chi connectivity index (χ4n) is 4.01.